The van der Waals surface area contributed by atoms with Crippen molar-refractivity contribution in [1.82, 2.24) is 0 Å². The summed E-state index contributed by atoms with van der Waals surface area (Å²) in [5.41, 5.74) is 8.57. The topological polar surface area (TPSA) is 44.5 Å². The van der Waals surface area contributed by atoms with Gasteiger partial charge in [0.05, 0.1) is 6.61 Å². The number of nitrogens with two attached hydrogens (primary N) is 1. The van der Waals surface area contributed by atoms with Crippen LogP contribution < -0.4 is 15.2 Å². The second-order valence-electron chi connectivity index (χ2n) is 6.02. The second-order valence-corrected chi connectivity index (χ2v) is 6.02. The SMILES string of the molecule is CCCCC[C@@H](N)c1ccc(OCc2ccccc2)c(OCC)c1.Cl. The third kappa shape index (κ3) is 6.97. The van der Waals surface area contributed by atoms with Crippen molar-refractivity contribution >= 4 is 12.4 Å². The Morgan fingerprint density at radius 1 is 0.920 bits per heavy atom. The highest BCUT2D eigenvalue weighted by atomic mass is 35.5. The van der Waals surface area contributed by atoms with Crippen molar-refractivity contribution in [2.24, 2.45) is 5.73 Å². The first-order valence-corrected chi connectivity index (χ1v) is 8.93. The van der Waals surface area contributed by atoms with Crippen LogP contribution in [0.3, 0.4) is 0 Å². The predicted octanol–water partition coefficient (Wildman–Crippen LogP) is 5.67. The number of rotatable bonds is 10. The largest absolute Gasteiger partial charge is 0.490 e. The first kappa shape index (κ1) is 21.3. The highest BCUT2D eigenvalue weighted by Gasteiger charge is 2.11. The Morgan fingerprint density at radius 3 is 2.36 bits per heavy atom. The molecule has 0 aromatic heterocycles. The minimum atomic E-state index is 0. The van der Waals surface area contributed by atoms with Crippen molar-refractivity contribution in [3.05, 3.63) is 59.7 Å². The van der Waals surface area contributed by atoms with Crippen LogP contribution >= 0.6 is 12.4 Å². The van der Waals surface area contributed by atoms with Gasteiger partial charge >= 0.3 is 0 Å². The summed E-state index contributed by atoms with van der Waals surface area (Å²) in [6.07, 6.45) is 4.60. The van der Waals surface area contributed by atoms with Crippen molar-refractivity contribution in [2.45, 2.75) is 52.2 Å². The van der Waals surface area contributed by atoms with Gasteiger partial charge in [-0.3, -0.25) is 0 Å². The van der Waals surface area contributed by atoms with E-state index in [0.717, 1.165) is 35.5 Å². The van der Waals surface area contributed by atoms with Gasteiger partial charge in [-0.1, -0.05) is 62.6 Å². The van der Waals surface area contributed by atoms with Crippen LogP contribution in [0.15, 0.2) is 48.5 Å². The highest BCUT2D eigenvalue weighted by molar-refractivity contribution is 5.85. The zero-order valence-electron chi connectivity index (χ0n) is 15.2. The second kappa shape index (κ2) is 11.8. The average Bonchev–Trinajstić information content (AvgIpc) is 2.62. The normalized spacial score (nSPS) is 11.5. The number of hydrogen-bond donors (Lipinski definition) is 1. The molecule has 0 saturated carbocycles. The van der Waals surface area contributed by atoms with Crippen molar-refractivity contribution in [2.75, 3.05) is 6.61 Å². The Balaban J connectivity index is 0.00000312. The van der Waals surface area contributed by atoms with Crippen LogP contribution in [0.25, 0.3) is 0 Å². The molecule has 0 radical (unpaired) electrons. The van der Waals surface area contributed by atoms with E-state index in [1.165, 1.54) is 12.8 Å². The third-order valence-corrected chi connectivity index (χ3v) is 4.05. The maximum absolute atomic E-state index is 6.32. The molecule has 1 atom stereocenters. The summed E-state index contributed by atoms with van der Waals surface area (Å²) >= 11 is 0. The molecule has 4 heteroatoms. The number of halogens is 1. The summed E-state index contributed by atoms with van der Waals surface area (Å²) in [6.45, 7) is 5.32. The van der Waals surface area contributed by atoms with Gasteiger partial charge in [-0.15, -0.1) is 12.4 Å². The van der Waals surface area contributed by atoms with Gasteiger partial charge in [0.2, 0.25) is 0 Å². The van der Waals surface area contributed by atoms with Crippen LogP contribution in [-0.2, 0) is 6.61 Å². The summed E-state index contributed by atoms with van der Waals surface area (Å²) in [4.78, 5) is 0. The highest BCUT2D eigenvalue weighted by Crippen LogP contribution is 2.32. The van der Waals surface area contributed by atoms with Gasteiger partial charge in [0.15, 0.2) is 11.5 Å². The monoisotopic (exact) mass is 363 g/mol. The fourth-order valence-electron chi connectivity index (χ4n) is 2.66. The maximum Gasteiger partial charge on any atom is 0.161 e. The summed E-state index contributed by atoms with van der Waals surface area (Å²) in [5, 5.41) is 0. The van der Waals surface area contributed by atoms with E-state index in [2.05, 4.69) is 25.1 Å². The molecular weight excluding hydrogens is 334 g/mol. The first-order valence-electron chi connectivity index (χ1n) is 8.93. The van der Waals surface area contributed by atoms with E-state index < -0.39 is 0 Å². The fourth-order valence-corrected chi connectivity index (χ4v) is 2.66. The molecule has 2 rings (SSSR count). The van der Waals surface area contributed by atoms with E-state index >= 15 is 0 Å². The molecule has 3 nitrogen and oxygen atoms in total. The maximum atomic E-state index is 6.32. The minimum Gasteiger partial charge on any atom is -0.490 e. The molecule has 0 fully saturated rings. The van der Waals surface area contributed by atoms with Crippen LogP contribution in [0.5, 0.6) is 11.5 Å². The van der Waals surface area contributed by atoms with Gasteiger partial charge in [0.25, 0.3) is 0 Å². The molecule has 0 aliphatic rings. The summed E-state index contributed by atoms with van der Waals surface area (Å²) in [7, 11) is 0. The molecule has 2 aromatic carbocycles. The lowest BCUT2D eigenvalue weighted by Gasteiger charge is -2.17. The smallest absolute Gasteiger partial charge is 0.161 e. The van der Waals surface area contributed by atoms with Gasteiger partial charge < -0.3 is 15.2 Å². The number of unbranched alkanes of at least 4 members (excludes halogenated alkanes) is 2. The molecule has 0 heterocycles. The molecule has 25 heavy (non-hydrogen) atoms. The van der Waals surface area contributed by atoms with Crippen LogP contribution in [-0.4, -0.2) is 6.61 Å². The Hall–Kier alpha value is -1.71. The average molecular weight is 364 g/mol. The quantitative estimate of drug-likeness (QED) is 0.553. The van der Waals surface area contributed by atoms with Gasteiger partial charge in [0.1, 0.15) is 6.61 Å². The molecule has 0 unspecified atom stereocenters. The lowest BCUT2D eigenvalue weighted by atomic mass is 10.0. The Labute approximate surface area is 157 Å². The number of ether oxygens (including phenoxy) is 2. The lowest BCUT2D eigenvalue weighted by Crippen LogP contribution is -2.10. The Bertz CT molecular complexity index is 604. The van der Waals surface area contributed by atoms with Gasteiger partial charge in [-0.05, 0) is 36.6 Å². The zero-order chi connectivity index (χ0) is 17.2. The Kier molecular flexibility index (Phi) is 10.0. The van der Waals surface area contributed by atoms with E-state index in [-0.39, 0.29) is 18.4 Å². The van der Waals surface area contributed by atoms with Gasteiger partial charge in [-0.2, -0.15) is 0 Å². The van der Waals surface area contributed by atoms with E-state index in [0.29, 0.717) is 13.2 Å². The lowest BCUT2D eigenvalue weighted by molar-refractivity contribution is 0.269. The first-order chi connectivity index (χ1) is 11.7. The summed E-state index contributed by atoms with van der Waals surface area (Å²) in [6, 6.07) is 16.3. The molecule has 0 bridgehead atoms. The van der Waals surface area contributed by atoms with Crippen molar-refractivity contribution < 1.29 is 9.47 Å². The summed E-state index contributed by atoms with van der Waals surface area (Å²) in [5.74, 6) is 1.54. The van der Waals surface area contributed by atoms with E-state index in [4.69, 9.17) is 15.2 Å². The molecule has 2 N–H and O–H groups in total. The number of benzene rings is 2. The van der Waals surface area contributed by atoms with Crippen molar-refractivity contribution in [3.8, 4) is 11.5 Å². The van der Waals surface area contributed by atoms with Crippen molar-refractivity contribution in [3.63, 3.8) is 0 Å². The fraction of sp³-hybridized carbons (Fsp3) is 0.429. The van der Waals surface area contributed by atoms with Gasteiger partial charge in [0, 0.05) is 6.04 Å². The zero-order valence-corrected chi connectivity index (χ0v) is 16.1. The number of hydrogen-bond acceptors (Lipinski definition) is 3. The van der Waals surface area contributed by atoms with E-state index in [1.807, 2.05) is 37.3 Å². The molecule has 0 aliphatic heterocycles. The molecule has 0 aliphatic carbocycles. The van der Waals surface area contributed by atoms with Crippen LogP contribution in [0, 0.1) is 0 Å². The molecule has 0 saturated heterocycles. The predicted molar refractivity (Wildman–Crippen MR) is 107 cm³/mol. The molecule has 0 amide bonds. The molecule has 2 aromatic rings. The molecule has 138 valence electrons. The molecular formula is C21H30ClNO2. The van der Waals surface area contributed by atoms with Crippen LogP contribution in [0.1, 0.15) is 56.7 Å². The summed E-state index contributed by atoms with van der Waals surface area (Å²) < 4.78 is 11.7. The minimum absolute atomic E-state index is 0. The van der Waals surface area contributed by atoms with E-state index in [9.17, 15) is 0 Å². The Morgan fingerprint density at radius 2 is 1.68 bits per heavy atom. The van der Waals surface area contributed by atoms with Crippen molar-refractivity contribution in [1.29, 1.82) is 0 Å². The van der Waals surface area contributed by atoms with E-state index in [1.54, 1.807) is 0 Å². The third-order valence-electron chi connectivity index (χ3n) is 4.05. The standard InChI is InChI=1S/C21H29NO2.ClH/c1-3-5-7-12-19(22)18-13-14-20(21(15-18)23-4-2)24-16-17-10-8-6-9-11-17;/h6,8-11,13-15,19H,3-5,7,12,16,22H2,1-2H3;1H/t19-;/m1./s1. The van der Waals surface area contributed by atoms with Crippen LogP contribution in [0.2, 0.25) is 0 Å². The molecule has 0 spiro atoms. The van der Waals surface area contributed by atoms with Gasteiger partial charge in [-0.25, -0.2) is 0 Å². The van der Waals surface area contributed by atoms with Crippen LogP contribution in [0.4, 0.5) is 0 Å².